The minimum atomic E-state index is 0.299. The lowest BCUT2D eigenvalue weighted by Crippen LogP contribution is -2.42. The number of rotatable bonds is 9. The Labute approximate surface area is 172 Å². The first-order valence-corrected chi connectivity index (χ1v) is 11.0. The summed E-state index contributed by atoms with van der Waals surface area (Å²) in [6.07, 6.45) is 3.63. The Morgan fingerprint density at radius 3 is 2.71 bits per heavy atom. The van der Waals surface area contributed by atoms with E-state index in [9.17, 15) is 0 Å². The van der Waals surface area contributed by atoms with E-state index in [2.05, 4.69) is 41.5 Å². The van der Waals surface area contributed by atoms with Gasteiger partial charge in [-0.3, -0.25) is 9.89 Å². The maximum Gasteiger partial charge on any atom is 0.191 e. The van der Waals surface area contributed by atoms with Gasteiger partial charge in [-0.25, -0.2) is 0 Å². The summed E-state index contributed by atoms with van der Waals surface area (Å²) >= 11 is 1.87. The van der Waals surface area contributed by atoms with E-state index in [1.54, 1.807) is 6.26 Å². The third-order valence-corrected chi connectivity index (χ3v) is 5.89. The maximum atomic E-state index is 5.55. The number of hydrogen-bond acceptors (Lipinski definition) is 5. The van der Waals surface area contributed by atoms with E-state index in [-0.39, 0.29) is 0 Å². The van der Waals surface area contributed by atoms with E-state index in [1.807, 2.05) is 23.5 Å². The number of furan rings is 1. The average molecular weight is 405 g/mol. The fraction of sp³-hybridized carbons (Fsp3) is 0.571. The molecule has 0 radical (unpaired) electrons. The first-order valence-electron chi connectivity index (χ1n) is 10.2. The molecule has 2 aromatic heterocycles. The zero-order valence-corrected chi connectivity index (χ0v) is 17.8. The van der Waals surface area contributed by atoms with Gasteiger partial charge in [-0.2, -0.15) is 0 Å². The molecule has 2 N–H and O–H groups in total. The van der Waals surface area contributed by atoms with Gasteiger partial charge in [-0.1, -0.05) is 6.92 Å². The number of hydrogen-bond donors (Lipinski definition) is 2. The zero-order chi connectivity index (χ0) is 19.6. The molecule has 1 atom stereocenters. The van der Waals surface area contributed by atoms with Gasteiger partial charge in [0, 0.05) is 42.4 Å². The van der Waals surface area contributed by atoms with Crippen LogP contribution >= 0.6 is 11.3 Å². The quantitative estimate of drug-likeness (QED) is 0.496. The third-order valence-electron chi connectivity index (χ3n) is 4.78. The predicted octanol–water partition coefficient (Wildman–Crippen LogP) is 3.21. The van der Waals surface area contributed by atoms with Crippen LogP contribution in [0.4, 0.5) is 0 Å². The summed E-state index contributed by atoms with van der Waals surface area (Å²) in [7, 11) is 0. The molecule has 7 heteroatoms. The van der Waals surface area contributed by atoms with E-state index < -0.39 is 0 Å². The van der Waals surface area contributed by atoms with Crippen molar-refractivity contribution >= 4 is 17.3 Å². The Morgan fingerprint density at radius 2 is 2.04 bits per heavy atom. The van der Waals surface area contributed by atoms with Crippen LogP contribution in [0.5, 0.6) is 0 Å². The van der Waals surface area contributed by atoms with Crippen molar-refractivity contribution < 1.29 is 9.15 Å². The number of ether oxygens (including phenoxy) is 1. The van der Waals surface area contributed by atoms with Gasteiger partial charge in [0.2, 0.25) is 0 Å². The zero-order valence-electron chi connectivity index (χ0n) is 16.9. The molecule has 3 heterocycles. The van der Waals surface area contributed by atoms with Crippen LogP contribution in [0.1, 0.15) is 34.9 Å². The summed E-state index contributed by atoms with van der Waals surface area (Å²) in [6, 6.07) is 8.68. The monoisotopic (exact) mass is 404 g/mol. The van der Waals surface area contributed by atoms with Crippen LogP contribution < -0.4 is 10.6 Å². The van der Waals surface area contributed by atoms with E-state index >= 15 is 0 Å². The Bertz CT molecular complexity index is 708. The third kappa shape index (κ3) is 6.36. The lowest BCUT2D eigenvalue weighted by atomic mass is 10.2. The molecular formula is C21H32N4O2S. The number of aryl methyl sites for hydroxylation is 1. The summed E-state index contributed by atoms with van der Waals surface area (Å²) < 4.78 is 11.0. The highest BCUT2D eigenvalue weighted by Crippen LogP contribution is 2.28. The van der Waals surface area contributed by atoms with Crippen LogP contribution in [-0.4, -0.2) is 56.8 Å². The molecule has 1 fully saturated rings. The molecular weight excluding hydrogens is 372 g/mol. The van der Waals surface area contributed by atoms with Crippen LogP contribution in [0.25, 0.3) is 0 Å². The van der Waals surface area contributed by atoms with Crippen LogP contribution in [0.15, 0.2) is 39.9 Å². The minimum absolute atomic E-state index is 0.299. The maximum absolute atomic E-state index is 5.55. The standard InChI is InChI=1S/C21H32N4O2S/c1-3-9-22-21(23-10-8-18-5-4-13-27-18)24-16-19(20-7-6-17(2)28-20)25-11-14-26-15-12-25/h4-7,13,19H,3,8-12,14-16H2,1-2H3,(H2,22,23,24). The molecule has 6 nitrogen and oxygen atoms in total. The van der Waals surface area contributed by atoms with Crippen molar-refractivity contribution in [2.24, 2.45) is 4.99 Å². The Hall–Kier alpha value is -1.83. The largest absolute Gasteiger partial charge is 0.469 e. The van der Waals surface area contributed by atoms with Gasteiger partial charge in [-0.05, 0) is 37.6 Å². The molecule has 1 unspecified atom stereocenters. The summed E-state index contributed by atoms with van der Waals surface area (Å²) in [5.74, 6) is 1.86. The van der Waals surface area contributed by atoms with Crippen molar-refractivity contribution in [2.75, 3.05) is 45.9 Å². The molecule has 2 aromatic rings. The van der Waals surface area contributed by atoms with Crippen LogP contribution in [0.3, 0.4) is 0 Å². The number of morpholine rings is 1. The molecule has 1 aliphatic rings. The normalized spacial score (nSPS) is 16.9. The SMILES string of the molecule is CCCNC(=NCC(c1ccc(C)s1)N1CCOCC1)NCCc1ccco1. The van der Waals surface area contributed by atoms with Crippen molar-refractivity contribution in [3.05, 3.63) is 46.0 Å². The van der Waals surface area contributed by atoms with Crippen molar-refractivity contribution in [2.45, 2.75) is 32.7 Å². The first-order chi connectivity index (χ1) is 13.8. The second kappa shape index (κ2) is 11.2. The smallest absolute Gasteiger partial charge is 0.191 e. The number of thiophene rings is 1. The molecule has 0 aliphatic carbocycles. The molecule has 0 saturated carbocycles. The van der Waals surface area contributed by atoms with Crippen molar-refractivity contribution in [3.63, 3.8) is 0 Å². The summed E-state index contributed by atoms with van der Waals surface area (Å²) in [5, 5.41) is 6.88. The molecule has 0 spiro atoms. The van der Waals surface area contributed by atoms with Gasteiger partial charge in [0.05, 0.1) is 32.1 Å². The van der Waals surface area contributed by atoms with Crippen molar-refractivity contribution in [1.29, 1.82) is 0 Å². The second-order valence-electron chi connectivity index (χ2n) is 6.98. The minimum Gasteiger partial charge on any atom is -0.469 e. The fourth-order valence-corrected chi connectivity index (χ4v) is 4.27. The topological polar surface area (TPSA) is 62.0 Å². The van der Waals surface area contributed by atoms with E-state index in [0.29, 0.717) is 6.04 Å². The molecule has 1 aliphatic heterocycles. The number of nitrogens with zero attached hydrogens (tertiary/aromatic N) is 2. The lowest BCUT2D eigenvalue weighted by Gasteiger charge is -2.33. The lowest BCUT2D eigenvalue weighted by molar-refractivity contribution is 0.0186. The fourth-order valence-electron chi connectivity index (χ4n) is 3.26. The predicted molar refractivity (Wildman–Crippen MR) is 115 cm³/mol. The van der Waals surface area contributed by atoms with E-state index in [1.165, 1.54) is 9.75 Å². The highest BCUT2D eigenvalue weighted by atomic mass is 32.1. The average Bonchev–Trinajstić information content (AvgIpc) is 3.38. The van der Waals surface area contributed by atoms with E-state index in [4.69, 9.17) is 14.1 Å². The summed E-state index contributed by atoms with van der Waals surface area (Å²) in [6.45, 7) is 10.3. The van der Waals surface area contributed by atoms with Gasteiger partial charge in [0.25, 0.3) is 0 Å². The summed E-state index contributed by atoms with van der Waals surface area (Å²) in [5.41, 5.74) is 0. The van der Waals surface area contributed by atoms with Gasteiger partial charge in [-0.15, -0.1) is 11.3 Å². The van der Waals surface area contributed by atoms with Crippen LogP contribution in [0.2, 0.25) is 0 Å². The Balaban J connectivity index is 1.64. The molecule has 154 valence electrons. The van der Waals surface area contributed by atoms with Crippen LogP contribution in [-0.2, 0) is 11.2 Å². The molecule has 1 saturated heterocycles. The molecule has 0 amide bonds. The first kappa shape index (κ1) is 20.9. The molecule has 0 bridgehead atoms. The van der Waals surface area contributed by atoms with Gasteiger partial charge < -0.3 is 19.8 Å². The van der Waals surface area contributed by atoms with E-state index in [0.717, 1.165) is 70.5 Å². The second-order valence-corrected chi connectivity index (χ2v) is 8.30. The highest BCUT2D eigenvalue weighted by molar-refractivity contribution is 7.12. The van der Waals surface area contributed by atoms with Crippen molar-refractivity contribution in [1.82, 2.24) is 15.5 Å². The van der Waals surface area contributed by atoms with Crippen molar-refractivity contribution in [3.8, 4) is 0 Å². The molecule has 0 aromatic carbocycles. The summed E-state index contributed by atoms with van der Waals surface area (Å²) in [4.78, 5) is 10.2. The molecule has 3 rings (SSSR count). The Morgan fingerprint density at radius 1 is 1.21 bits per heavy atom. The molecule has 28 heavy (non-hydrogen) atoms. The number of nitrogens with one attached hydrogen (secondary N) is 2. The van der Waals surface area contributed by atoms with Gasteiger partial charge in [0.15, 0.2) is 5.96 Å². The Kier molecular flexibility index (Phi) is 8.39. The number of aliphatic imine (C=N–C) groups is 1. The number of guanidine groups is 1. The van der Waals surface area contributed by atoms with Crippen LogP contribution in [0, 0.1) is 6.92 Å². The van der Waals surface area contributed by atoms with Gasteiger partial charge in [0.1, 0.15) is 5.76 Å². The highest BCUT2D eigenvalue weighted by Gasteiger charge is 2.23. The van der Waals surface area contributed by atoms with Gasteiger partial charge >= 0.3 is 0 Å².